The van der Waals surface area contributed by atoms with Gasteiger partial charge in [-0.1, -0.05) is 6.07 Å². The number of hydrogen-bond donors (Lipinski definition) is 0. The summed E-state index contributed by atoms with van der Waals surface area (Å²) in [6.07, 6.45) is 6.41. The molecule has 0 aromatic carbocycles. The van der Waals surface area contributed by atoms with Crippen LogP contribution in [0, 0.1) is 0 Å². The van der Waals surface area contributed by atoms with Crippen LogP contribution in [-0.2, 0) is 6.54 Å². The number of ether oxygens (including phenoxy) is 1. The third-order valence-corrected chi connectivity index (χ3v) is 3.67. The van der Waals surface area contributed by atoms with E-state index in [4.69, 9.17) is 4.74 Å². The van der Waals surface area contributed by atoms with Gasteiger partial charge in [-0.05, 0) is 43.6 Å². The predicted octanol–water partition coefficient (Wildman–Crippen LogP) is 2.75. The van der Waals surface area contributed by atoms with Crippen molar-refractivity contribution in [3.63, 3.8) is 0 Å². The van der Waals surface area contributed by atoms with Crippen molar-refractivity contribution in [3.05, 3.63) is 42.2 Å². The highest BCUT2D eigenvalue weighted by atomic mass is 16.5. The van der Waals surface area contributed by atoms with E-state index in [1.165, 1.54) is 31.5 Å². The van der Waals surface area contributed by atoms with Crippen molar-refractivity contribution >= 4 is 0 Å². The summed E-state index contributed by atoms with van der Waals surface area (Å²) in [5, 5.41) is 0. The van der Waals surface area contributed by atoms with Gasteiger partial charge in [0.15, 0.2) is 0 Å². The van der Waals surface area contributed by atoms with Crippen LogP contribution in [0.1, 0.15) is 18.4 Å². The fourth-order valence-electron chi connectivity index (χ4n) is 2.54. The van der Waals surface area contributed by atoms with E-state index >= 15 is 0 Å². The van der Waals surface area contributed by atoms with Crippen LogP contribution < -0.4 is 4.74 Å². The lowest BCUT2D eigenvalue weighted by atomic mass is 10.1. The molecule has 0 unspecified atom stereocenters. The maximum absolute atomic E-state index is 5.06. The maximum atomic E-state index is 5.06. The van der Waals surface area contributed by atoms with E-state index in [0.717, 1.165) is 17.8 Å². The van der Waals surface area contributed by atoms with E-state index < -0.39 is 0 Å². The van der Waals surface area contributed by atoms with Gasteiger partial charge in [-0.3, -0.25) is 9.88 Å². The lowest BCUT2D eigenvalue weighted by Gasteiger charge is -2.14. The Morgan fingerprint density at radius 1 is 1.05 bits per heavy atom. The molecule has 1 aliphatic rings. The highest BCUT2D eigenvalue weighted by Crippen LogP contribution is 2.19. The number of pyridine rings is 2. The lowest BCUT2D eigenvalue weighted by molar-refractivity contribution is 0.331. The van der Waals surface area contributed by atoms with Crippen LogP contribution >= 0.6 is 0 Å². The fourth-order valence-corrected chi connectivity index (χ4v) is 2.54. The van der Waals surface area contributed by atoms with Gasteiger partial charge in [0.1, 0.15) is 0 Å². The Labute approximate surface area is 119 Å². The van der Waals surface area contributed by atoms with Gasteiger partial charge in [0.05, 0.1) is 12.8 Å². The second-order valence-electron chi connectivity index (χ2n) is 5.12. The molecule has 2 aromatic rings. The predicted molar refractivity (Wildman–Crippen MR) is 78.5 cm³/mol. The van der Waals surface area contributed by atoms with Gasteiger partial charge < -0.3 is 4.74 Å². The molecule has 0 radical (unpaired) electrons. The number of rotatable bonds is 4. The number of nitrogens with zero attached hydrogens (tertiary/aromatic N) is 3. The molecule has 3 heterocycles. The summed E-state index contributed by atoms with van der Waals surface area (Å²) in [7, 11) is 1.62. The van der Waals surface area contributed by atoms with Crippen molar-refractivity contribution in [2.45, 2.75) is 19.4 Å². The van der Waals surface area contributed by atoms with Crippen LogP contribution in [0.15, 0.2) is 36.7 Å². The molecule has 0 spiro atoms. The van der Waals surface area contributed by atoms with Crippen LogP contribution in [0.5, 0.6) is 5.88 Å². The molecule has 1 fully saturated rings. The van der Waals surface area contributed by atoms with Crippen LogP contribution in [0.25, 0.3) is 11.3 Å². The lowest BCUT2D eigenvalue weighted by Crippen LogP contribution is -2.18. The average molecular weight is 269 g/mol. The van der Waals surface area contributed by atoms with Crippen molar-refractivity contribution < 1.29 is 4.74 Å². The van der Waals surface area contributed by atoms with Crippen LogP contribution in [0.3, 0.4) is 0 Å². The SMILES string of the molecule is COc1ccc(-c2ccc(CN3CCCC3)cn2)cn1. The molecule has 20 heavy (non-hydrogen) atoms. The molecule has 2 aromatic heterocycles. The number of methoxy groups -OCH3 is 1. The minimum absolute atomic E-state index is 0.624. The molecule has 0 atom stereocenters. The minimum Gasteiger partial charge on any atom is -0.481 e. The molecule has 1 saturated heterocycles. The zero-order chi connectivity index (χ0) is 13.8. The van der Waals surface area contributed by atoms with Crippen LogP contribution in [0.2, 0.25) is 0 Å². The van der Waals surface area contributed by atoms with Gasteiger partial charge in [0.25, 0.3) is 0 Å². The molecule has 0 bridgehead atoms. The van der Waals surface area contributed by atoms with Gasteiger partial charge in [0, 0.05) is 30.6 Å². The van der Waals surface area contributed by atoms with E-state index in [1.54, 1.807) is 13.3 Å². The van der Waals surface area contributed by atoms with Crippen molar-refractivity contribution in [2.75, 3.05) is 20.2 Å². The maximum Gasteiger partial charge on any atom is 0.212 e. The first-order chi connectivity index (χ1) is 9.85. The molecular weight excluding hydrogens is 250 g/mol. The Hall–Kier alpha value is -1.94. The molecular formula is C16H19N3O. The van der Waals surface area contributed by atoms with Gasteiger partial charge in [-0.15, -0.1) is 0 Å². The van der Waals surface area contributed by atoms with Crippen LogP contribution in [-0.4, -0.2) is 35.1 Å². The molecule has 0 N–H and O–H groups in total. The molecule has 1 aliphatic heterocycles. The summed E-state index contributed by atoms with van der Waals surface area (Å²) in [5.74, 6) is 0.624. The molecule has 3 rings (SSSR count). The monoisotopic (exact) mass is 269 g/mol. The Morgan fingerprint density at radius 3 is 2.50 bits per heavy atom. The van der Waals surface area contributed by atoms with Crippen molar-refractivity contribution in [1.82, 2.24) is 14.9 Å². The van der Waals surface area contributed by atoms with Gasteiger partial charge in [-0.2, -0.15) is 0 Å². The molecule has 4 nitrogen and oxygen atoms in total. The topological polar surface area (TPSA) is 38.2 Å². The van der Waals surface area contributed by atoms with Gasteiger partial charge >= 0.3 is 0 Å². The van der Waals surface area contributed by atoms with Gasteiger partial charge in [0.2, 0.25) is 5.88 Å². The molecule has 104 valence electrons. The van der Waals surface area contributed by atoms with E-state index in [1.807, 2.05) is 18.3 Å². The third kappa shape index (κ3) is 2.96. The zero-order valence-corrected chi connectivity index (χ0v) is 11.7. The second-order valence-corrected chi connectivity index (χ2v) is 5.12. The van der Waals surface area contributed by atoms with Crippen molar-refractivity contribution in [1.29, 1.82) is 0 Å². The van der Waals surface area contributed by atoms with Gasteiger partial charge in [-0.25, -0.2) is 4.98 Å². The summed E-state index contributed by atoms with van der Waals surface area (Å²) in [6.45, 7) is 3.43. The van der Waals surface area contributed by atoms with Crippen LogP contribution in [0.4, 0.5) is 0 Å². The summed E-state index contributed by atoms with van der Waals surface area (Å²) >= 11 is 0. The summed E-state index contributed by atoms with van der Waals surface area (Å²) < 4.78 is 5.06. The zero-order valence-electron chi connectivity index (χ0n) is 11.7. The smallest absolute Gasteiger partial charge is 0.212 e. The second kappa shape index (κ2) is 6.01. The third-order valence-electron chi connectivity index (χ3n) is 3.67. The van der Waals surface area contributed by atoms with Crippen molar-refractivity contribution in [3.8, 4) is 17.1 Å². The molecule has 0 aliphatic carbocycles. The first kappa shape index (κ1) is 13.1. The highest BCUT2D eigenvalue weighted by Gasteiger charge is 2.11. The average Bonchev–Trinajstić information content (AvgIpc) is 3.01. The first-order valence-corrected chi connectivity index (χ1v) is 7.03. The minimum atomic E-state index is 0.624. The number of aromatic nitrogens is 2. The quantitative estimate of drug-likeness (QED) is 0.855. The fraction of sp³-hybridized carbons (Fsp3) is 0.375. The summed E-state index contributed by atoms with van der Waals surface area (Å²) in [6, 6.07) is 8.06. The van der Waals surface area contributed by atoms with E-state index in [-0.39, 0.29) is 0 Å². The molecule has 0 saturated carbocycles. The standard InChI is InChI=1S/C16H19N3O/c1-20-16-7-5-14(11-18-16)15-6-4-13(10-17-15)12-19-8-2-3-9-19/h4-7,10-11H,2-3,8-9,12H2,1H3. The highest BCUT2D eigenvalue weighted by molar-refractivity contribution is 5.58. The Bertz CT molecular complexity index is 545. The first-order valence-electron chi connectivity index (χ1n) is 7.03. The largest absolute Gasteiger partial charge is 0.481 e. The normalized spacial score (nSPS) is 15.4. The summed E-state index contributed by atoms with van der Waals surface area (Å²) in [5.41, 5.74) is 3.24. The number of hydrogen-bond acceptors (Lipinski definition) is 4. The molecule has 4 heteroatoms. The Kier molecular flexibility index (Phi) is 3.92. The van der Waals surface area contributed by atoms with E-state index in [0.29, 0.717) is 5.88 Å². The Balaban J connectivity index is 1.71. The Morgan fingerprint density at radius 2 is 1.90 bits per heavy atom. The number of likely N-dealkylation sites (tertiary alicyclic amines) is 1. The summed E-state index contributed by atoms with van der Waals surface area (Å²) in [4.78, 5) is 11.2. The van der Waals surface area contributed by atoms with Crippen molar-refractivity contribution in [2.24, 2.45) is 0 Å². The van der Waals surface area contributed by atoms with E-state index in [9.17, 15) is 0 Å². The van der Waals surface area contributed by atoms with E-state index in [2.05, 4.69) is 27.0 Å². The molecule has 0 amide bonds.